The normalized spacial score (nSPS) is 11.2. The Morgan fingerprint density at radius 3 is 2.62 bits per heavy atom. The van der Waals surface area contributed by atoms with Crippen molar-refractivity contribution in [3.63, 3.8) is 0 Å². The molecule has 0 radical (unpaired) electrons. The van der Waals surface area contributed by atoms with Crippen LogP contribution in [-0.2, 0) is 19.6 Å². The van der Waals surface area contributed by atoms with Crippen molar-refractivity contribution in [2.24, 2.45) is 0 Å². The lowest BCUT2D eigenvalue weighted by Crippen LogP contribution is -2.38. The average Bonchev–Trinajstić information content (AvgIpc) is 2.45. The van der Waals surface area contributed by atoms with Crippen LogP contribution in [0.1, 0.15) is 5.56 Å². The fourth-order valence-corrected chi connectivity index (χ4v) is 2.82. The Morgan fingerprint density at radius 2 is 2.00 bits per heavy atom. The van der Waals surface area contributed by atoms with Crippen LogP contribution in [0.25, 0.3) is 0 Å². The number of carbonyl (C=O) groups is 1. The zero-order valence-corrected chi connectivity index (χ0v) is 13.1. The van der Waals surface area contributed by atoms with Crippen LogP contribution in [0.4, 0.5) is 0 Å². The molecule has 0 atom stereocenters. The van der Waals surface area contributed by atoms with Crippen molar-refractivity contribution in [3.8, 4) is 5.75 Å². The number of nitrogens with one attached hydrogen (secondary N) is 2. The van der Waals surface area contributed by atoms with Crippen LogP contribution in [0.15, 0.2) is 23.1 Å². The van der Waals surface area contributed by atoms with Crippen LogP contribution in [-0.4, -0.2) is 48.2 Å². The Balaban J connectivity index is 2.74. The number of carbonyl (C=O) groups excluding carboxylic acids is 1. The van der Waals surface area contributed by atoms with Crippen molar-refractivity contribution >= 4 is 15.9 Å². The summed E-state index contributed by atoms with van der Waals surface area (Å²) in [5.74, 6) is -0.199. The number of amides is 1. The summed E-state index contributed by atoms with van der Waals surface area (Å²) < 4.78 is 36.5. The van der Waals surface area contributed by atoms with Gasteiger partial charge in [-0.15, -0.1) is 0 Å². The van der Waals surface area contributed by atoms with E-state index in [4.69, 9.17) is 9.47 Å². The van der Waals surface area contributed by atoms with E-state index < -0.39 is 15.9 Å². The van der Waals surface area contributed by atoms with Crippen molar-refractivity contribution in [3.05, 3.63) is 23.8 Å². The molecule has 0 aliphatic rings. The van der Waals surface area contributed by atoms with Gasteiger partial charge in [0.15, 0.2) is 0 Å². The summed E-state index contributed by atoms with van der Waals surface area (Å²) in [7, 11) is -0.915. The van der Waals surface area contributed by atoms with Gasteiger partial charge < -0.3 is 14.8 Å². The SMILES string of the molecule is COCCNC(=O)CNS(=O)(=O)c1cc(C)ccc1OC. The number of hydrogen-bond donors (Lipinski definition) is 2. The molecule has 0 aliphatic carbocycles. The third-order valence-corrected chi connectivity index (χ3v) is 4.08. The molecule has 0 spiro atoms. The first-order chi connectivity index (χ1) is 9.90. The maximum Gasteiger partial charge on any atom is 0.244 e. The van der Waals surface area contributed by atoms with Crippen molar-refractivity contribution in [1.82, 2.24) is 10.0 Å². The smallest absolute Gasteiger partial charge is 0.244 e. The minimum absolute atomic E-state index is 0.00897. The zero-order valence-electron chi connectivity index (χ0n) is 12.3. The number of aryl methyl sites for hydroxylation is 1. The molecule has 0 saturated heterocycles. The Kier molecular flexibility index (Phi) is 6.60. The Morgan fingerprint density at radius 1 is 1.29 bits per heavy atom. The van der Waals surface area contributed by atoms with E-state index in [-0.39, 0.29) is 17.2 Å². The third-order valence-electron chi connectivity index (χ3n) is 2.66. The molecule has 8 heteroatoms. The molecule has 2 N–H and O–H groups in total. The number of methoxy groups -OCH3 is 2. The fraction of sp³-hybridized carbons (Fsp3) is 0.462. The zero-order chi connectivity index (χ0) is 15.9. The van der Waals surface area contributed by atoms with E-state index in [1.165, 1.54) is 20.3 Å². The summed E-state index contributed by atoms with van der Waals surface area (Å²) in [5.41, 5.74) is 0.778. The largest absolute Gasteiger partial charge is 0.495 e. The van der Waals surface area contributed by atoms with E-state index in [1.54, 1.807) is 19.1 Å². The van der Waals surface area contributed by atoms with Gasteiger partial charge in [0.1, 0.15) is 10.6 Å². The van der Waals surface area contributed by atoms with Crippen molar-refractivity contribution < 1.29 is 22.7 Å². The summed E-state index contributed by atoms with van der Waals surface area (Å²) in [5, 5.41) is 2.53. The lowest BCUT2D eigenvalue weighted by Gasteiger charge is -2.11. The molecule has 0 aliphatic heterocycles. The first-order valence-corrected chi connectivity index (χ1v) is 7.79. The second-order valence-electron chi connectivity index (χ2n) is 4.32. The molecule has 118 valence electrons. The van der Waals surface area contributed by atoms with Gasteiger partial charge in [-0.2, -0.15) is 0 Å². The first kappa shape index (κ1) is 17.4. The number of hydrogen-bond acceptors (Lipinski definition) is 5. The monoisotopic (exact) mass is 316 g/mol. The molecule has 0 aromatic heterocycles. The molecule has 1 rings (SSSR count). The molecule has 0 bridgehead atoms. The van der Waals surface area contributed by atoms with Gasteiger partial charge in [0.05, 0.1) is 20.3 Å². The quantitative estimate of drug-likeness (QED) is 0.661. The highest BCUT2D eigenvalue weighted by Gasteiger charge is 2.20. The highest BCUT2D eigenvalue weighted by molar-refractivity contribution is 7.89. The van der Waals surface area contributed by atoms with Gasteiger partial charge in [0.2, 0.25) is 15.9 Å². The van der Waals surface area contributed by atoms with Crippen LogP contribution in [0.2, 0.25) is 0 Å². The molecule has 7 nitrogen and oxygen atoms in total. The number of sulfonamides is 1. The van der Waals surface area contributed by atoms with E-state index in [0.29, 0.717) is 13.2 Å². The molecule has 0 fully saturated rings. The highest BCUT2D eigenvalue weighted by atomic mass is 32.2. The Bertz CT molecular complexity index is 586. The van der Waals surface area contributed by atoms with Crippen molar-refractivity contribution in [2.45, 2.75) is 11.8 Å². The van der Waals surface area contributed by atoms with E-state index in [1.807, 2.05) is 0 Å². The molecular formula is C13H20N2O5S. The van der Waals surface area contributed by atoms with E-state index >= 15 is 0 Å². The molecule has 0 unspecified atom stereocenters. The summed E-state index contributed by atoms with van der Waals surface area (Å²) in [6.07, 6.45) is 0. The Labute approximate surface area is 124 Å². The summed E-state index contributed by atoms with van der Waals surface area (Å²) in [6, 6.07) is 4.81. The number of rotatable bonds is 8. The minimum Gasteiger partial charge on any atom is -0.495 e. The van der Waals surface area contributed by atoms with Crippen LogP contribution in [0, 0.1) is 6.92 Å². The van der Waals surface area contributed by atoms with Crippen LogP contribution >= 0.6 is 0 Å². The molecule has 1 aromatic carbocycles. The minimum atomic E-state index is -3.82. The predicted molar refractivity (Wildman–Crippen MR) is 77.8 cm³/mol. The maximum atomic E-state index is 12.2. The standard InChI is InChI=1S/C13H20N2O5S/c1-10-4-5-11(20-3)12(8-10)21(17,18)15-9-13(16)14-6-7-19-2/h4-5,8,15H,6-7,9H2,1-3H3,(H,14,16). The van der Waals surface area contributed by atoms with Crippen molar-refractivity contribution in [2.75, 3.05) is 33.9 Å². The van der Waals surface area contributed by atoms with Gasteiger partial charge in [0.25, 0.3) is 0 Å². The second kappa shape index (κ2) is 7.96. The van der Waals surface area contributed by atoms with Gasteiger partial charge in [-0.25, -0.2) is 13.1 Å². The Hall–Kier alpha value is -1.64. The summed E-state index contributed by atoms with van der Waals surface area (Å²) in [6.45, 7) is 2.12. The van der Waals surface area contributed by atoms with E-state index in [2.05, 4.69) is 10.0 Å². The molecule has 0 heterocycles. The van der Waals surface area contributed by atoms with Crippen molar-refractivity contribution in [1.29, 1.82) is 0 Å². The molecule has 1 aromatic rings. The third kappa shape index (κ3) is 5.33. The van der Waals surface area contributed by atoms with Gasteiger partial charge in [-0.05, 0) is 24.6 Å². The second-order valence-corrected chi connectivity index (χ2v) is 6.06. The van der Waals surface area contributed by atoms with Gasteiger partial charge in [-0.3, -0.25) is 4.79 Å². The fourth-order valence-electron chi connectivity index (χ4n) is 1.59. The highest BCUT2D eigenvalue weighted by Crippen LogP contribution is 2.24. The van der Waals surface area contributed by atoms with Gasteiger partial charge >= 0.3 is 0 Å². The molecule has 0 saturated carbocycles. The molecule has 1 amide bonds. The maximum absolute atomic E-state index is 12.2. The van der Waals surface area contributed by atoms with Crippen LogP contribution in [0.5, 0.6) is 5.75 Å². The molecular weight excluding hydrogens is 296 g/mol. The van der Waals surface area contributed by atoms with E-state index in [9.17, 15) is 13.2 Å². The van der Waals surface area contributed by atoms with Crippen LogP contribution < -0.4 is 14.8 Å². The lowest BCUT2D eigenvalue weighted by atomic mass is 10.2. The summed E-state index contributed by atoms with van der Waals surface area (Å²) >= 11 is 0. The lowest BCUT2D eigenvalue weighted by molar-refractivity contribution is -0.120. The summed E-state index contributed by atoms with van der Waals surface area (Å²) in [4.78, 5) is 11.5. The van der Waals surface area contributed by atoms with Gasteiger partial charge in [-0.1, -0.05) is 6.07 Å². The first-order valence-electron chi connectivity index (χ1n) is 6.30. The van der Waals surface area contributed by atoms with E-state index in [0.717, 1.165) is 5.56 Å². The number of benzene rings is 1. The average molecular weight is 316 g/mol. The van der Waals surface area contributed by atoms with Gasteiger partial charge in [0, 0.05) is 13.7 Å². The van der Waals surface area contributed by atoms with Crippen LogP contribution in [0.3, 0.4) is 0 Å². The topological polar surface area (TPSA) is 93.7 Å². The molecule has 21 heavy (non-hydrogen) atoms. The number of ether oxygens (including phenoxy) is 2. The predicted octanol–water partition coefficient (Wildman–Crippen LogP) is 0.0445.